The predicted octanol–water partition coefficient (Wildman–Crippen LogP) is 3.57. The van der Waals surface area contributed by atoms with Crippen LogP contribution in [-0.2, 0) is 16.1 Å². The molecule has 0 aliphatic carbocycles. The second-order valence-electron chi connectivity index (χ2n) is 7.56. The highest BCUT2D eigenvalue weighted by atomic mass is 16.3. The number of rotatable bonds is 7. The first-order valence-corrected chi connectivity index (χ1v) is 10.5. The molecule has 1 aliphatic heterocycles. The molecule has 0 radical (unpaired) electrons. The van der Waals surface area contributed by atoms with Crippen LogP contribution in [-0.4, -0.2) is 42.4 Å². The number of carbonyl (C=O) groups excluding carboxylic acids is 2. The van der Waals surface area contributed by atoms with E-state index >= 15 is 0 Å². The molecule has 1 aromatic heterocycles. The topological polar surface area (TPSA) is 65.8 Å². The molecule has 1 aliphatic rings. The van der Waals surface area contributed by atoms with E-state index in [0.717, 1.165) is 41.6 Å². The third-order valence-corrected chi connectivity index (χ3v) is 5.70. The molecule has 2 aromatic carbocycles. The van der Waals surface area contributed by atoms with Crippen molar-refractivity contribution in [1.29, 1.82) is 0 Å². The number of carbonyl (C=O) groups is 2. The lowest BCUT2D eigenvalue weighted by Crippen LogP contribution is -2.47. The Morgan fingerprint density at radius 1 is 1.13 bits per heavy atom. The summed E-state index contributed by atoms with van der Waals surface area (Å²) in [6.07, 6.45) is 3.26. The highest BCUT2D eigenvalue weighted by Crippen LogP contribution is 2.27. The van der Waals surface area contributed by atoms with Gasteiger partial charge in [0.25, 0.3) is 0 Å². The molecule has 1 atom stereocenters. The molecule has 30 heavy (non-hydrogen) atoms. The maximum absolute atomic E-state index is 13.2. The largest absolute Gasteiger partial charge is 0.467 e. The number of likely N-dealkylation sites (N-methyl/N-ethyl adjacent to an activating group) is 1. The van der Waals surface area contributed by atoms with E-state index in [4.69, 9.17) is 4.42 Å². The molecule has 2 amide bonds. The summed E-state index contributed by atoms with van der Waals surface area (Å²) in [5.41, 5.74) is 0.915. The van der Waals surface area contributed by atoms with E-state index in [1.165, 1.54) is 0 Å². The summed E-state index contributed by atoms with van der Waals surface area (Å²) in [5, 5.41) is 5.10. The van der Waals surface area contributed by atoms with Gasteiger partial charge in [0.15, 0.2) is 0 Å². The SMILES string of the molecule is CCN(C(=O)CN1CCC[C@H]1C(=O)NCc1ccco1)c1cccc2ccccc12. The van der Waals surface area contributed by atoms with Gasteiger partial charge in [-0.15, -0.1) is 0 Å². The van der Waals surface area contributed by atoms with Crippen LogP contribution in [0, 0.1) is 0 Å². The molecular formula is C24H27N3O3. The summed E-state index contributed by atoms with van der Waals surface area (Å²) in [6, 6.07) is 17.5. The maximum Gasteiger partial charge on any atom is 0.241 e. The van der Waals surface area contributed by atoms with Gasteiger partial charge in [-0.25, -0.2) is 0 Å². The molecule has 1 N–H and O–H groups in total. The summed E-state index contributed by atoms with van der Waals surface area (Å²) < 4.78 is 5.28. The number of nitrogens with zero attached hydrogens (tertiary/aromatic N) is 2. The van der Waals surface area contributed by atoms with Gasteiger partial charge in [0.05, 0.1) is 31.1 Å². The van der Waals surface area contributed by atoms with Crippen molar-refractivity contribution in [2.75, 3.05) is 24.5 Å². The van der Waals surface area contributed by atoms with Gasteiger partial charge in [-0.3, -0.25) is 14.5 Å². The first kappa shape index (κ1) is 20.2. The molecular weight excluding hydrogens is 378 g/mol. The summed E-state index contributed by atoms with van der Waals surface area (Å²) in [5.74, 6) is 0.682. The lowest BCUT2D eigenvalue weighted by Gasteiger charge is -2.28. The van der Waals surface area contributed by atoms with Crippen LogP contribution in [0.2, 0.25) is 0 Å². The summed E-state index contributed by atoms with van der Waals surface area (Å²) in [7, 11) is 0. The van der Waals surface area contributed by atoms with Crippen LogP contribution in [0.1, 0.15) is 25.5 Å². The number of hydrogen-bond donors (Lipinski definition) is 1. The number of nitrogens with one attached hydrogen (secondary N) is 1. The molecule has 2 heterocycles. The Labute approximate surface area is 176 Å². The maximum atomic E-state index is 13.2. The Morgan fingerprint density at radius 3 is 2.77 bits per heavy atom. The van der Waals surface area contributed by atoms with Crippen LogP contribution < -0.4 is 10.2 Å². The van der Waals surface area contributed by atoms with Crippen LogP contribution in [0.5, 0.6) is 0 Å². The Bertz CT molecular complexity index is 1010. The third-order valence-electron chi connectivity index (χ3n) is 5.70. The number of fused-ring (bicyclic) bond motifs is 1. The quantitative estimate of drug-likeness (QED) is 0.653. The molecule has 4 rings (SSSR count). The summed E-state index contributed by atoms with van der Waals surface area (Å²) >= 11 is 0. The standard InChI is InChI=1S/C24H27N3O3/c1-2-27(21-12-5-9-18-8-3-4-11-20(18)21)23(28)17-26-14-6-13-22(26)24(29)25-16-19-10-7-15-30-19/h3-5,7-12,15,22H,2,6,13-14,16-17H2,1H3,(H,25,29)/t22-/m0/s1. The van der Waals surface area contributed by atoms with E-state index in [-0.39, 0.29) is 24.4 Å². The van der Waals surface area contributed by atoms with Crippen LogP contribution in [0.4, 0.5) is 5.69 Å². The van der Waals surface area contributed by atoms with Crippen molar-refractivity contribution >= 4 is 28.3 Å². The van der Waals surface area contributed by atoms with Gasteiger partial charge in [-0.1, -0.05) is 36.4 Å². The Kier molecular flexibility index (Phi) is 6.14. The molecule has 1 saturated heterocycles. The summed E-state index contributed by atoms with van der Waals surface area (Å²) in [6.45, 7) is 3.90. The second kappa shape index (κ2) is 9.13. The number of anilines is 1. The zero-order valence-corrected chi connectivity index (χ0v) is 17.2. The highest BCUT2D eigenvalue weighted by Gasteiger charge is 2.33. The van der Waals surface area contributed by atoms with Crippen molar-refractivity contribution in [2.45, 2.75) is 32.4 Å². The molecule has 156 valence electrons. The van der Waals surface area contributed by atoms with Gasteiger partial charge < -0.3 is 14.6 Å². The molecule has 3 aromatic rings. The van der Waals surface area contributed by atoms with E-state index in [2.05, 4.69) is 17.4 Å². The van der Waals surface area contributed by atoms with E-state index in [1.54, 1.807) is 12.3 Å². The molecule has 0 spiro atoms. The summed E-state index contributed by atoms with van der Waals surface area (Å²) in [4.78, 5) is 29.7. The monoisotopic (exact) mass is 405 g/mol. The predicted molar refractivity (Wildman–Crippen MR) is 117 cm³/mol. The van der Waals surface area contributed by atoms with E-state index in [9.17, 15) is 9.59 Å². The fraction of sp³-hybridized carbons (Fsp3) is 0.333. The fourth-order valence-electron chi connectivity index (χ4n) is 4.20. The Balaban J connectivity index is 1.45. The zero-order chi connectivity index (χ0) is 20.9. The number of benzene rings is 2. The van der Waals surface area contributed by atoms with Gasteiger partial charge in [-0.05, 0) is 49.9 Å². The number of furan rings is 1. The van der Waals surface area contributed by atoms with Crippen LogP contribution in [0.15, 0.2) is 65.3 Å². The van der Waals surface area contributed by atoms with Gasteiger partial charge in [0, 0.05) is 11.9 Å². The van der Waals surface area contributed by atoms with Crippen molar-refractivity contribution in [1.82, 2.24) is 10.2 Å². The minimum atomic E-state index is -0.282. The average molecular weight is 405 g/mol. The Morgan fingerprint density at radius 2 is 1.97 bits per heavy atom. The van der Waals surface area contributed by atoms with E-state index < -0.39 is 0 Å². The average Bonchev–Trinajstić information content (AvgIpc) is 3.45. The van der Waals surface area contributed by atoms with Gasteiger partial charge in [0.1, 0.15) is 5.76 Å². The van der Waals surface area contributed by atoms with Crippen molar-refractivity contribution in [3.05, 3.63) is 66.6 Å². The van der Waals surface area contributed by atoms with Crippen molar-refractivity contribution in [3.8, 4) is 0 Å². The second-order valence-corrected chi connectivity index (χ2v) is 7.56. The fourth-order valence-corrected chi connectivity index (χ4v) is 4.20. The van der Waals surface area contributed by atoms with Gasteiger partial charge in [-0.2, -0.15) is 0 Å². The molecule has 1 fully saturated rings. The van der Waals surface area contributed by atoms with Crippen LogP contribution in [0.3, 0.4) is 0 Å². The molecule has 0 bridgehead atoms. The number of hydrogen-bond acceptors (Lipinski definition) is 4. The lowest BCUT2D eigenvalue weighted by molar-refractivity contribution is -0.127. The highest BCUT2D eigenvalue weighted by molar-refractivity contribution is 6.04. The zero-order valence-electron chi connectivity index (χ0n) is 17.2. The first-order chi connectivity index (χ1) is 14.7. The van der Waals surface area contributed by atoms with E-state index in [0.29, 0.717) is 13.1 Å². The third kappa shape index (κ3) is 4.24. The van der Waals surface area contributed by atoms with E-state index in [1.807, 2.05) is 53.1 Å². The molecule has 6 heteroatoms. The smallest absolute Gasteiger partial charge is 0.241 e. The molecule has 0 saturated carbocycles. The van der Waals surface area contributed by atoms with Gasteiger partial charge >= 0.3 is 0 Å². The number of amides is 2. The minimum Gasteiger partial charge on any atom is -0.467 e. The normalized spacial score (nSPS) is 16.6. The van der Waals surface area contributed by atoms with Crippen molar-refractivity contribution in [3.63, 3.8) is 0 Å². The molecule has 0 unspecified atom stereocenters. The van der Waals surface area contributed by atoms with Crippen LogP contribution in [0.25, 0.3) is 10.8 Å². The molecule has 6 nitrogen and oxygen atoms in total. The number of likely N-dealkylation sites (tertiary alicyclic amines) is 1. The lowest BCUT2D eigenvalue weighted by atomic mass is 10.1. The van der Waals surface area contributed by atoms with Crippen LogP contribution >= 0.6 is 0 Å². The van der Waals surface area contributed by atoms with Crippen molar-refractivity contribution in [2.24, 2.45) is 0 Å². The minimum absolute atomic E-state index is 0.0135. The Hall–Kier alpha value is -3.12. The van der Waals surface area contributed by atoms with Crippen molar-refractivity contribution < 1.29 is 14.0 Å². The van der Waals surface area contributed by atoms with Gasteiger partial charge in [0.2, 0.25) is 11.8 Å². The first-order valence-electron chi connectivity index (χ1n) is 10.5.